The minimum absolute atomic E-state index is 0.0110. The summed E-state index contributed by atoms with van der Waals surface area (Å²) in [6.45, 7) is 2.78. The first kappa shape index (κ1) is 14.0. The quantitative estimate of drug-likeness (QED) is 0.847. The van der Waals surface area contributed by atoms with Gasteiger partial charge >= 0.3 is 0 Å². The number of carbonyl (C=O) groups is 1. The normalized spacial score (nSPS) is 12.0. The first-order chi connectivity index (χ1) is 8.04. The molecule has 0 aliphatic rings. The molecule has 0 aromatic heterocycles. The molecule has 1 aromatic carbocycles. The molecule has 0 spiro atoms. The van der Waals surface area contributed by atoms with Crippen LogP contribution in [-0.2, 0) is 0 Å². The number of hydrogen-bond acceptors (Lipinski definition) is 2. The van der Waals surface area contributed by atoms with Gasteiger partial charge in [0.15, 0.2) is 0 Å². The maximum Gasteiger partial charge on any atom is 0.251 e. The van der Waals surface area contributed by atoms with Crippen LogP contribution in [-0.4, -0.2) is 31.9 Å². The number of nitrogens with one attached hydrogen (secondary N) is 1. The molecular weight excluding hydrogens is 280 g/mol. The molecule has 4 heteroatoms. The topological polar surface area (TPSA) is 32.3 Å². The zero-order chi connectivity index (χ0) is 12.8. The molecule has 1 atom stereocenters. The van der Waals surface area contributed by atoms with Crippen LogP contribution < -0.4 is 10.2 Å². The standard InChI is InChI=1S/C13H19BrN2O/c1-10(8-14)9-15-13(17)11-4-6-12(7-5-11)16(2)3/h4-7,10H,8-9H2,1-3H3,(H,15,17). The number of rotatable bonds is 5. The average Bonchev–Trinajstić information content (AvgIpc) is 2.35. The van der Waals surface area contributed by atoms with Crippen molar-refractivity contribution in [3.63, 3.8) is 0 Å². The first-order valence-electron chi connectivity index (χ1n) is 5.66. The van der Waals surface area contributed by atoms with Crippen molar-refractivity contribution in [2.24, 2.45) is 5.92 Å². The Morgan fingerprint density at radius 2 is 1.94 bits per heavy atom. The van der Waals surface area contributed by atoms with E-state index >= 15 is 0 Å². The number of anilines is 1. The molecule has 17 heavy (non-hydrogen) atoms. The summed E-state index contributed by atoms with van der Waals surface area (Å²) in [7, 11) is 3.96. The third kappa shape index (κ3) is 4.38. The molecule has 0 heterocycles. The number of hydrogen-bond donors (Lipinski definition) is 1. The zero-order valence-corrected chi connectivity index (χ0v) is 12.1. The Morgan fingerprint density at radius 1 is 1.35 bits per heavy atom. The van der Waals surface area contributed by atoms with Crippen molar-refractivity contribution < 1.29 is 4.79 Å². The average molecular weight is 299 g/mol. The van der Waals surface area contributed by atoms with Crippen molar-refractivity contribution in [2.45, 2.75) is 6.92 Å². The number of alkyl halides is 1. The van der Waals surface area contributed by atoms with Crippen LogP contribution in [0.25, 0.3) is 0 Å². The lowest BCUT2D eigenvalue weighted by atomic mass is 10.1. The number of carbonyl (C=O) groups excluding carboxylic acids is 1. The van der Waals surface area contributed by atoms with E-state index in [-0.39, 0.29) is 5.91 Å². The molecule has 1 rings (SSSR count). The Morgan fingerprint density at radius 3 is 2.41 bits per heavy atom. The van der Waals surface area contributed by atoms with Crippen LogP contribution in [0.5, 0.6) is 0 Å². The van der Waals surface area contributed by atoms with Crippen molar-refractivity contribution in [3.05, 3.63) is 29.8 Å². The molecule has 0 aliphatic carbocycles. The summed E-state index contributed by atoms with van der Waals surface area (Å²) in [5, 5.41) is 3.81. The fraction of sp³-hybridized carbons (Fsp3) is 0.462. The van der Waals surface area contributed by atoms with Crippen molar-refractivity contribution in [1.29, 1.82) is 0 Å². The maximum atomic E-state index is 11.8. The van der Waals surface area contributed by atoms with E-state index in [0.29, 0.717) is 18.0 Å². The van der Waals surface area contributed by atoms with Crippen LogP contribution in [0.2, 0.25) is 0 Å². The third-order valence-electron chi connectivity index (χ3n) is 2.52. The first-order valence-corrected chi connectivity index (χ1v) is 6.78. The van der Waals surface area contributed by atoms with Gasteiger partial charge in [-0.15, -0.1) is 0 Å². The monoisotopic (exact) mass is 298 g/mol. The van der Waals surface area contributed by atoms with Crippen LogP contribution in [0.3, 0.4) is 0 Å². The Bertz CT molecular complexity index is 362. The molecule has 0 saturated carbocycles. The second kappa shape index (κ2) is 6.64. The van der Waals surface area contributed by atoms with Gasteiger partial charge in [0, 0.05) is 37.2 Å². The number of halogens is 1. The molecule has 94 valence electrons. The summed E-state index contributed by atoms with van der Waals surface area (Å²) in [6, 6.07) is 7.60. The van der Waals surface area contributed by atoms with E-state index in [1.54, 1.807) is 0 Å². The van der Waals surface area contributed by atoms with Crippen molar-refractivity contribution in [3.8, 4) is 0 Å². The summed E-state index contributed by atoms with van der Waals surface area (Å²) in [5.74, 6) is 0.433. The van der Waals surface area contributed by atoms with Gasteiger partial charge in [-0.2, -0.15) is 0 Å². The largest absolute Gasteiger partial charge is 0.378 e. The lowest BCUT2D eigenvalue weighted by Crippen LogP contribution is -2.28. The molecule has 0 aliphatic heterocycles. The van der Waals surface area contributed by atoms with Crippen LogP contribution in [0.1, 0.15) is 17.3 Å². The Hall–Kier alpha value is -1.03. The molecule has 0 bridgehead atoms. The van der Waals surface area contributed by atoms with Gasteiger partial charge in [0.1, 0.15) is 0 Å². The lowest BCUT2D eigenvalue weighted by molar-refractivity contribution is 0.0949. The predicted molar refractivity (Wildman–Crippen MR) is 76.1 cm³/mol. The van der Waals surface area contributed by atoms with Gasteiger partial charge < -0.3 is 10.2 Å². The van der Waals surface area contributed by atoms with E-state index in [9.17, 15) is 4.79 Å². The van der Waals surface area contributed by atoms with E-state index in [1.165, 1.54) is 0 Å². The smallest absolute Gasteiger partial charge is 0.251 e. The fourth-order valence-corrected chi connectivity index (χ4v) is 1.56. The molecule has 1 N–H and O–H groups in total. The van der Waals surface area contributed by atoms with E-state index in [4.69, 9.17) is 0 Å². The number of nitrogens with zero attached hydrogens (tertiary/aromatic N) is 1. The fourth-order valence-electron chi connectivity index (χ4n) is 1.33. The Balaban J connectivity index is 2.58. The van der Waals surface area contributed by atoms with Crippen LogP contribution in [0, 0.1) is 5.92 Å². The minimum Gasteiger partial charge on any atom is -0.378 e. The van der Waals surface area contributed by atoms with E-state index in [1.807, 2.05) is 43.3 Å². The SMILES string of the molecule is CC(CBr)CNC(=O)c1ccc(N(C)C)cc1. The van der Waals surface area contributed by atoms with Crippen molar-refractivity contribution in [1.82, 2.24) is 5.32 Å². The molecular formula is C13H19BrN2O. The highest BCUT2D eigenvalue weighted by Gasteiger charge is 2.07. The van der Waals surface area contributed by atoms with Crippen LogP contribution in [0.4, 0.5) is 5.69 Å². The molecule has 1 aromatic rings. The van der Waals surface area contributed by atoms with Gasteiger partial charge in [0.25, 0.3) is 5.91 Å². The number of amides is 1. The molecule has 0 radical (unpaired) electrons. The summed E-state index contributed by atoms with van der Waals surface area (Å²) >= 11 is 3.39. The van der Waals surface area contributed by atoms with E-state index < -0.39 is 0 Å². The Kier molecular flexibility index (Phi) is 5.48. The van der Waals surface area contributed by atoms with E-state index in [0.717, 1.165) is 11.0 Å². The van der Waals surface area contributed by atoms with Crippen molar-refractivity contribution in [2.75, 3.05) is 30.9 Å². The predicted octanol–water partition coefficient (Wildman–Crippen LogP) is 2.51. The van der Waals surface area contributed by atoms with Crippen LogP contribution >= 0.6 is 15.9 Å². The summed E-state index contributed by atoms with van der Waals surface area (Å²) in [4.78, 5) is 13.8. The highest BCUT2D eigenvalue weighted by molar-refractivity contribution is 9.09. The Labute approximate surface area is 111 Å². The van der Waals surface area contributed by atoms with Crippen molar-refractivity contribution >= 4 is 27.5 Å². The maximum absolute atomic E-state index is 11.8. The molecule has 1 unspecified atom stereocenters. The second-order valence-corrected chi connectivity index (χ2v) is 5.06. The van der Waals surface area contributed by atoms with E-state index in [2.05, 4.69) is 28.2 Å². The van der Waals surface area contributed by atoms with Gasteiger partial charge in [-0.05, 0) is 30.2 Å². The molecule has 1 amide bonds. The summed E-state index contributed by atoms with van der Waals surface area (Å²) in [6.07, 6.45) is 0. The highest BCUT2D eigenvalue weighted by Crippen LogP contribution is 2.12. The highest BCUT2D eigenvalue weighted by atomic mass is 79.9. The summed E-state index contributed by atoms with van der Waals surface area (Å²) < 4.78 is 0. The van der Waals surface area contributed by atoms with Gasteiger partial charge in [-0.1, -0.05) is 22.9 Å². The van der Waals surface area contributed by atoms with Gasteiger partial charge in [-0.3, -0.25) is 4.79 Å². The lowest BCUT2D eigenvalue weighted by Gasteiger charge is -2.13. The van der Waals surface area contributed by atoms with Gasteiger partial charge in [0.2, 0.25) is 0 Å². The minimum atomic E-state index is -0.0110. The van der Waals surface area contributed by atoms with Gasteiger partial charge in [-0.25, -0.2) is 0 Å². The molecule has 3 nitrogen and oxygen atoms in total. The summed E-state index contributed by atoms with van der Waals surface area (Å²) in [5.41, 5.74) is 1.80. The van der Waals surface area contributed by atoms with Crippen LogP contribution in [0.15, 0.2) is 24.3 Å². The molecule has 0 saturated heterocycles. The zero-order valence-electron chi connectivity index (χ0n) is 10.5. The molecule has 0 fully saturated rings. The van der Waals surface area contributed by atoms with Gasteiger partial charge in [0.05, 0.1) is 0 Å². The second-order valence-electron chi connectivity index (χ2n) is 4.41. The number of benzene rings is 1. The third-order valence-corrected chi connectivity index (χ3v) is 3.63.